The molecule has 1 N–H and O–H groups in total. The van der Waals surface area contributed by atoms with Crippen molar-refractivity contribution in [2.45, 2.75) is 19.8 Å². The molecule has 7 heteroatoms. The van der Waals surface area contributed by atoms with Crippen molar-refractivity contribution in [1.29, 1.82) is 0 Å². The van der Waals surface area contributed by atoms with E-state index in [-0.39, 0.29) is 11.8 Å². The van der Waals surface area contributed by atoms with E-state index in [4.69, 9.17) is 0 Å². The van der Waals surface area contributed by atoms with Crippen LogP contribution in [0.15, 0.2) is 21.0 Å². The predicted octanol–water partition coefficient (Wildman–Crippen LogP) is 2.44. The fourth-order valence-corrected chi connectivity index (χ4v) is 2.97. The van der Waals surface area contributed by atoms with Gasteiger partial charge in [0.2, 0.25) is 0 Å². The predicted molar refractivity (Wildman–Crippen MR) is 73.6 cm³/mol. The van der Waals surface area contributed by atoms with Gasteiger partial charge < -0.3 is 4.57 Å². The molecule has 0 saturated carbocycles. The first-order chi connectivity index (χ1) is 8.50. The van der Waals surface area contributed by atoms with Crippen LogP contribution in [0.4, 0.5) is 0 Å². The van der Waals surface area contributed by atoms with Crippen LogP contribution in [0.5, 0.6) is 0 Å². The molecule has 0 bridgehead atoms. The van der Waals surface area contributed by atoms with Gasteiger partial charge in [0.25, 0.3) is 0 Å². The number of H-pyrrole nitrogens is 1. The average Bonchev–Trinajstić information content (AvgIpc) is 2.86. The lowest BCUT2D eigenvalue weighted by Crippen LogP contribution is -2.13. The van der Waals surface area contributed by atoms with Crippen molar-refractivity contribution in [3.8, 4) is 0 Å². The molecule has 0 aliphatic carbocycles. The van der Waals surface area contributed by atoms with Gasteiger partial charge in [-0.2, -0.15) is 10.1 Å². The van der Waals surface area contributed by atoms with E-state index in [9.17, 15) is 4.79 Å². The zero-order chi connectivity index (χ0) is 13.3. The molecule has 2 aromatic heterocycles. The summed E-state index contributed by atoms with van der Waals surface area (Å²) in [5.41, 5.74) is 1.23. The van der Waals surface area contributed by atoms with Crippen molar-refractivity contribution in [2.24, 2.45) is 12.0 Å². The number of aryl methyl sites for hydroxylation is 1. The Hall–Kier alpha value is -1.21. The van der Waals surface area contributed by atoms with E-state index in [1.807, 2.05) is 32.5 Å². The van der Waals surface area contributed by atoms with Crippen LogP contribution in [0.2, 0.25) is 0 Å². The molecule has 0 unspecified atom stereocenters. The number of hydrogen-bond acceptors (Lipinski definition) is 3. The Kier molecular flexibility index (Phi) is 3.82. The Morgan fingerprint density at radius 2 is 2.33 bits per heavy atom. The third-order valence-electron chi connectivity index (χ3n) is 2.47. The Morgan fingerprint density at radius 3 is 2.83 bits per heavy atom. The second-order valence-corrected chi connectivity index (χ2v) is 5.83. The SMILES string of the molecule is CC(C)c1[nH]nc(C(=O)N=c2sccn2C)c1Br. The largest absolute Gasteiger partial charge is 0.327 e. The number of thiazole rings is 1. The minimum atomic E-state index is -0.344. The van der Waals surface area contributed by atoms with Gasteiger partial charge in [-0.1, -0.05) is 13.8 Å². The summed E-state index contributed by atoms with van der Waals surface area (Å²) >= 11 is 4.81. The van der Waals surface area contributed by atoms with Crippen LogP contribution in [0.3, 0.4) is 0 Å². The Bertz CT molecular complexity index is 638. The molecule has 18 heavy (non-hydrogen) atoms. The van der Waals surface area contributed by atoms with Crippen LogP contribution in [0.1, 0.15) is 35.9 Å². The highest BCUT2D eigenvalue weighted by Gasteiger charge is 2.18. The number of carbonyl (C=O) groups is 1. The van der Waals surface area contributed by atoms with Crippen LogP contribution in [0, 0.1) is 0 Å². The van der Waals surface area contributed by atoms with E-state index >= 15 is 0 Å². The molecule has 0 aliphatic rings. The smallest absolute Gasteiger partial charge is 0.301 e. The summed E-state index contributed by atoms with van der Waals surface area (Å²) in [5, 5.41) is 8.78. The van der Waals surface area contributed by atoms with Crippen molar-refractivity contribution in [3.05, 3.63) is 32.2 Å². The van der Waals surface area contributed by atoms with Gasteiger partial charge in [0.15, 0.2) is 10.5 Å². The maximum Gasteiger partial charge on any atom is 0.301 e. The van der Waals surface area contributed by atoms with E-state index in [0.717, 1.165) is 5.69 Å². The summed E-state index contributed by atoms with van der Waals surface area (Å²) in [4.78, 5) is 16.7. The Morgan fingerprint density at radius 1 is 1.61 bits per heavy atom. The summed E-state index contributed by atoms with van der Waals surface area (Å²) in [6, 6.07) is 0. The van der Waals surface area contributed by atoms with E-state index in [0.29, 0.717) is 15.0 Å². The summed E-state index contributed by atoms with van der Waals surface area (Å²) in [6.45, 7) is 4.06. The van der Waals surface area contributed by atoms with Gasteiger partial charge in [-0.25, -0.2) is 0 Å². The quantitative estimate of drug-likeness (QED) is 0.920. The standard InChI is InChI=1S/C11H13BrN4OS/c1-6(2)8-7(12)9(15-14-8)10(17)13-11-16(3)4-5-18-11/h4-6H,1-3H3,(H,14,15). The van der Waals surface area contributed by atoms with Crippen molar-refractivity contribution in [2.75, 3.05) is 0 Å². The maximum atomic E-state index is 12.0. The number of aromatic nitrogens is 3. The Balaban J connectivity index is 2.39. The number of rotatable bonds is 2. The van der Waals surface area contributed by atoms with E-state index in [1.165, 1.54) is 11.3 Å². The second kappa shape index (κ2) is 5.19. The minimum absolute atomic E-state index is 0.270. The molecule has 0 aliphatic heterocycles. The van der Waals surface area contributed by atoms with Crippen LogP contribution in [0.25, 0.3) is 0 Å². The number of halogens is 1. The number of aromatic amines is 1. The van der Waals surface area contributed by atoms with Crippen LogP contribution in [-0.4, -0.2) is 20.7 Å². The highest BCUT2D eigenvalue weighted by Crippen LogP contribution is 2.25. The van der Waals surface area contributed by atoms with E-state index in [1.54, 1.807) is 4.57 Å². The van der Waals surface area contributed by atoms with E-state index < -0.39 is 0 Å². The molecule has 1 amide bonds. The van der Waals surface area contributed by atoms with Gasteiger partial charge in [0, 0.05) is 18.6 Å². The van der Waals surface area contributed by atoms with Crippen molar-refractivity contribution >= 4 is 33.2 Å². The monoisotopic (exact) mass is 328 g/mol. The summed E-state index contributed by atoms with van der Waals surface area (Å²) in [6.07, 6.45) is 1.86. The van der Waals surface area contributed by atoms with Gasteiger partial charge in [-0.05, 0) is 21.8 Å². The Labute approximate surface area is 117 Å². The van der Waals surface area contributed by atoms with Gasteiger partial charge in [-0.15, -0.1) is 11.3 Å². The van der Waals surface area contributed by atoms with Gasteiger partial charge in [0.1, 0.15) is 0 Å². The van der Waals surface area contributed by atoms with Crippen molar-refractivity contribution in [3.63, 3.8) is 0 Å². The zero-order valence-electron chi connectivity index (χ0n) is 10.3. The molecule has 0 fully saturated rings. The topological polar surface area (TPSA) is 63.0 Å². The number of nitrogens with zero attached hydrogens (tertiary/aromatic N) is 3. The van der Waals surface area contributed by atoms with Crippen LogP contribution >= 0.6 is 27.3 Å². The third-order valence-corrected chi connectivity index (χ3v) is 4.12. The van der Waals surface area contributed by atoms with Crippen LogP contribution in [-0.2, 0) is 7.05 Å². The summed E-state index contributed by atoms with van der Waals surface area (Å²) in [5.74, 6) is -0.0747. The molecular weight excluding hydrogens is 316 g/mol. The van der Waals surface area contributed by atoms with E-state index in [2.05, 4.69) is 31.1 Å². The number of nitrogens with one attached hydrogen (secondary N) is 1. The van der Waals surface area contributed by atoms with Crippen molar-refractivity contribution in [1.82, 2.24) is 14.8 Å². The second-order valence-electron chi connectivity index (χ2n) is 4.17. The normalized spacial score (nSPS) is 12.4. The minimum Gasteiger partial charge on any atom is -0.327 e. The first-order valence-corrected chi connectivity index (χ1v) is 7.11. The fraction of sp³-hybridized carbons (Fsp3) is 0.364. The molecular formula is C11H13BrN4OS. The molecule has 0 saturated heterocycles. The molecule has 5 nitrogen and oxygen atoms in total. The lowest BCUT2D eigenvalue weighted by atomic mass is 10.1. The molecule has 2 heterocycles. The number of hydrogen-bond donors (Lipinski definition) is 1. The molecule has 0 radical (unpaired) electrons. The van der Waals surface area contributed by atoms with Gasteiger partial charge >= 0.3 is 5.91 Å². The highest BCUT2D eigenvalue weighted by molar-refractivity contribution is 9.10. The lowest BCUT2D eigenvalue weighted by Gasteiger charge is -2.00. The molecule has 2 aromatic rings. The highest BCUT2D eigenvalue weighted by atomic mass is 79.9. The average molecular weight is 329 g/mol. The molecule has 0 atom stereocenters. The summed E-state index contributed by atoms with van der Waals surface area (Å²) in [7, 11) is 1.85. The van der Waals surface area contributed by atoms with Crippen molar-refractivity contribution < 1.29 is 4.79 Å². The number of amides is 1. The van der Waals surface area contributed by atoms with Gasteiger partial charge in [0.05, 0.1) is 10.2 Å². The molecule has 0 aromatic carbocycles. The lowest BCUT2D eigenvalue weighted by molar-refractivity contribution is 0.0992. The first-order valence-electron chi connectivity index (χ1n) is 5.43. The maximum absolute atomic E-state index is 12.0. The van der Waals surface area contributed by atoms with Gasteiger partial charge in [-0.3, -0.25) is 9.89 Å². The van der Waals surface area contributed by atoms with Crippen LogP contribution < -0.4 is 4.80 Å². The third kappa shape index (κ3) is 2.46. The molecule has 96 valence electrons. The molecule has 0 spiro atoms. The number of carbonyl (C=O) groups excluding carboxylic acids is 1. The first kappa shape index (κ1) is 13.2. The summed E-state index contributed by atoms with van der Waals surface area (Å²) < 4.78 is 2.50. The molecule has 2 rings (SSSR count). The fourth-order valence-electron chi connectivity index (χ4n) is 1.44. The zero-order valence-corrected chi connectivity index (χ0v) is 12.7.